The first kappa shape index (κ1) is 19.4. The van der Waals surface area contributed by atoms with Crippen LogP contribution in [0.1, 0.15) is 52.4 Å². The maximum absolute atomic E-state index is 12.5. The van der Waals surface area contributed by atoms with Gasteiger partial charge in [0.15, 0.2) is 0 Å². The lowest BCUT2D eigenvalue weighted by molar-refractivity contribution is 0.0524. The SMILES string of the molecule is CCCOc1ccc(NC(=O)c2ccc(C(=O)OCC)c(C)n2)c(C)c1. The Labute approximate surface area is 153 Å². The highest BCUT2D eigenvalue weighted by Gasteiger charge is 2.15. The van der Waals surface area contributed by atoms with E-state index in [4.69, 9.17) is 9.47 Å². The van der Waals surface area contributed by atoms with Crippen molar-refractivity contribution in [3.8, 4) is 5.75 Å². The van der Waals surface area contributed by atoms with Crippen molar-refractivity contribution in [3.05, 3.63) is 52.8 Å². The van der Waals surface area contributed by atoms with Crippen LogP contribution < -0.4 is 10.1 Å². The van der Waals surface area contributed by atoms with Gasteiger partial charge in [0.25, 0.3) is 5.91 Å². The second kappa shape index (κ2) is 8.99. The van der Waals surface area contributed by atoms with Crippen molar-refractivity contribution < 1.29 is 19.1 Å². The van der Waals surface area contributed by atoms with Crippen LogP contribution in [0.25, 0.3) is 0 Å². The Morgan fingerprint density at radius 3 is 2.50 bits per heavy atom. The van der Waals surface area contributed by atoms with Gasteiger partial charge in [-0.15, -0.1) is 0 Å². The van der Waals surface area contributed by atoms with Gasteiger partial charge in [-0.1, -0.05) is 6.92 Å². The van der Waals surface area contributed by atoms with E-state index in [1.807, 2.05) is 26.0 Å². The number of hydrogen-bond donors (Lipinski definition) is 1. The molecule has 138 valence electrons. The molecule has 0 atom stereocenters. The van der Waals surface area contributed by atoms with E-state index in [1.54, 1.807) is 26.0 Å². The van der Waals surface area contributed by atoms with Gasteiger partial charge in [-0.3, -0.25) is 4.79 Å². The van der Waals surface area contributed by atoms with E-state index in [-0.39, 0.29) is 18.2 Å². The topological polar surface area (TPSA) is 77.5 Å². The zero-order chi connectivity index (χ0) is 19.1. The molecule has 0 fully saturated rings. The molecule has 1 aromatic heterocycles. The highest BCUT2D eigenvalue weighted by atomic mass is 16.5. The van der Waals surface area contributed by atoms with Crippen molar-refractivity contribution >= 4 is 17.6 Å². The molecule has 2 rings (SSSR count). The smallest absolute Gasteiger partial charge is 0.339 e. The zero-order valence-corrected chi connectivity index (χ0v) is 15.6. The molecule has 0 spiro atoms. The number of carbonyl (C=O) groups is 2. The monoisotopic (exact) mass is 356 g/mol. The number of amides is 1. The zero-order valence-electron chi connectivity index (χ0n) is 15.6. The number of anilines is 1. The fourth-order valence-electron chi connectivity index (χ4n) is 2.38. The Morgan fingerprint density at radius 1 is 1.12 bits per heavy atom. The van der Waals surface area contributed by atoms with Crippen molar-refractivity contribution in [1.29, 1.82) is 0 Å². The largest absolute Gasteiger partial charge is 0.494 e. The van der Waals surface area contributed by atoms with Crippen molar-refractivity contribution in [2.45, 2.75) is 34.1 Å². The predicted octanol–water partition coefficient (Wildman–Crippen LogP) is 3.92. The molecule has 6 nitrogen and oxygen atoms in total. The number of nitrogens with zero attached hydrogens (tertiary/aromatic N) is 1. The molecule has 1 N–H and O–H groups in total. The van der Waals surface area contributed by atoms with Gasteiger partial charge in [0, 0.05) is 5.69 Å². The summed E-state index contributed by atoms with van der Waals surface area (Å²) in [5.41, 5.74) is 2.63. The summed E-state index contributed by atoms with van der Waals surface area (Å²) in [4.78, 5) is 28.5. The Hall–Kier alpha value is -2.89. The molecule has 0 aliphatic heterocycles. The molecule has 0 bridgehead atoms. The highest BCUT2D eigenvalue weighted by Crippen LogP contribution is 2.22. The maximum atomic E-state index is 12.5. The van der Waals surface area contributed by atoms with Crippen LogP contribution in [0.15, 0.2) is 30.3 Å². The molecular formula is C20H24N2O4. The van der Waals surface area contributed by atoms with Gasteiger partial charge in [0.1, 0.15) is 11.4 Å². The molecule has 0 aliphatic carbocycles. The molecule has 0 radical (unpaired) electrons. The van der Waals surface area contributed by atoms with Crippen molar-refractivity contribution in [2.24, 2.45) is 0 Å². The molecule has 0 saturated heterocycles. The summed E-state index contributed by atoms with van der Waals surface area (Å²) in [6.07, 6.45) is 0.935. The van der Waals surface area contributed by atoms with E-state index in [0.717, 1.165) is 17.7 Å². The second-order valence-electron chi connectivity index (χ2n) is 5.83. The lowest BCUT2D eigenvalue weighted by atomic mass is 10.1. The summed E-state index contributed by atoms with van der Waals surface area (Å²) < 4.78 is 10.6. The number of ether oxygens (including phenoxy) is 2. The van der Waals surface area contributed by atoms with Gasteiger partial charge >= 0.3 is 5.97 Å². The summed E-state index contributed by atoms with van der Waals surface area (Å²) in [6.45, 7) is 8.30. The summed E-state index contributed by atoms with van der Waals surface area (Å²) in [7, 11) is 0. The van der Waals surface area contributed by atoms with Crippen LogP contribution in [-0.2, 0) is 4.74 Å². The Balaban J connectivity index is 2.12. The minimum Gasteiger partial charge on any atom is -0.494 e. The van der Waals surface area contributed by atoms with Gasteiger partial charge in [-0.2, -0.15) is 0 Å². The van der Waals surface area contributed by atoms with Crippen molar-refractivity contribution in [1.82, 2.24) is 4.98 Å². The highest BCUT2D eigenvalue weighted by molar-refractivity contribution is 6.03. The van der Waals surface area contributed by atoms with Gasteiger partial charge < -0.3 is 14.8 Å². The van der Waals surface area contributed by atoms with Crippen LogP contribution >= 0.6 is 0 Å². The van der Waals surface area contributed by atoms with E-state index >= 15 is 0 Å². The quantitative estimate of drug-likeness (QED) is 0.761. The fourth-order valence-corrected chi connectivity index (χ4v) is 2.38. The summed E-state index contributed by atoms with van der Waals surface area (Å²) in [5.74, 6) is -0.00749. The van der Waals surface area contributed by atoms with Gasteiger partial charge in [0.05, 0.1) is 24.5 Å². The number of pyridine rings is 1. The molecular weight excluding hydrogens is 332 g/mol. The van der Waals surface area contributed by atoms with Gasteiger partial charge in [0.2, 0.25) is 0 Å². The number of nitrogens with one attached hydrogen (secondary N) is 1. The molecule has 1 aromatic carbocycles. The van der Waals surface area contributed by atoms with Crippen LogP contribution in [0.5, 0.6) is 5.75 Å². The fraction of sp³-hybridized carbons (Fsp3) is 0.350. The average molecular weight is 356 g/mol. The number of rotatable bonds is 7. The third-order valence-corrected chi connectivity index (χ3v) is 3.73. The van der Waals surface area contributed by atoms with Crippen LogP contribution in [0.2, 0.25) is 0 Å². The third kappa shape index (κ3) is 4.81. The Morgan fingerprint density at radius 2 is 1.88 bits per heavy atom. The number of hydrogen-bond acceptors (Lipinski definition) is 5. The van der Waals surface area contributed by atoms with Crippen molar-refractivity contribution in [2.75, 3.05) is 18.5 Å². The summed E-state index contributed by atoms with van der Waals surface area (Å²) in [6, 6.07) is 8.58. The van der Waals surface area contributed by atoms with E-state index in [2.05, 4.69) is 10.3 Å². The molecule has 0 unspecified atom stereocenters. The number of esters is 1. The summed E-state index contributed by atoms with van der Waals surface area (Å²) >= 11 is 0. The van der Waals surface area contributed by atoms with Crippen LogP contribution in [0.4, 0.5) is 5.69 Å². The van der Waals surface area contributed by atoms with Gasteiger partial charge in [-0.05, 0) is 63.1 Å². The predicted molar refractivity (Wildman–Crippen MR) is 99.8 cm³/mol. The first-order valence-corrected chi connectivity index (χ1v) is 8.65. The average Bonchev–Trinajstić information content (AvgIpc) is 2.62. The standard InChI is InChI=1S/C20H24N2O4/c1-5-11-26-15-7-9-17(13(3)12-15)22-19(23)18-10-8-16(14(4)21-18)20(24)25-6-2/h7-10,12H,5-6,11H2,1-4H3,(H,22,23). The van der Waals surface area contributed by atoms with E-state index < -0.39 is 5.97 Å². The van der Waals surface area contributed by atoms with E-state index in [9.17, 15) is 9.59 Å². The van der Waals surface area contributed by atoms with Gasteiger partial charge in [-0.25, -0.2) is 9.78 Å². The van der Waals surface area contributed by atoms with E-state index in [1.165, 1.54) is 6.07 Å². The second-order valence-corrected chi connectivity index (χ2v) is 5.83. The van der Waals surface area contributed by atoms with E-state index in [0.29, 0.717) is 23.6 Å². The van der Waals surface area contributed by atoms with Crippen LogP contribution in [-0.4, -0.2) is 30.1 Å². The van der Waals surface area contributed by atoms with Crippen molar-refractivity contribution in [3.63, 3.8) is 0 Å². The molecule has 1 heterocycles. The summed E-state index contributed by atoms with van der Waals surface area (Å²) in [5, 5.41) is 2.84. The molecule has 0 aliphatic rings. The molecule has 6 heteroatoms. The molecule has 2 aromatic rings. The molecule has 1 amide bonds. The minimum atomic E-state index is -0.442. The number of carbonyl (C=O) groups excluding carboxylic acids is 2. The lowest BCUT2D eigenvalue weighted by Crippen LogP contribution is -2.16. The normalized spacial score (nSPS) is 10.3. The molecule has 0 saturated carbocycles. The molecule has 26 heavy (non-hydrogen) atoms. The number of aromatic nitrogens is 1. The number of aryl methyl sites for hydroxylation is 2. The third-order valence-electron chi connectivity index (χ3n) is 3.73. The lowest BCUT2D eigenvalue weighted by Gasteiger charge is -2.11. The van der Waals surface area contributed by atoms with Crippen LogP contribution in [0.3, 0.4) is 0 Å². The Kier molecular flexibility index (Phi) is 6.72. The van der Waals surface area contributed by atoms with Crippen LogP contribution in [0, 0.1) is 13.8 Å². The number of benzene rings is 1. The first-order chi connectivity index (χ1) is 12.5. The maximum Gasteiger partial charge on any atom is 0.339 e. The Bertz CT molecular complexity index is 802. The minimum absolute atomic E-state index is 0.237. The first-order valence-electron chi connectivity index (χ1n) is 8.65.